The molecule has 0 atom stereocenters. The summed E-state index contributed by atoms with van der Waals surface area (Å²) in [6, 6.07) is 0. The summed E-state index contributed by atoms with van der Waals surface area (Å²) in [6.07, 6.45) is 1.26. The lowest BCUT2D eigenvalue weighted by atomic mass is 10.3. The first kappa shape index (κ1) is 9.15. The first-order valence-electron chi connectivity index (χ1n) is 2.96. The number of aromatic nitrogens is 1. The zero-order valence-electron chi connectivity index (χ0n) is 5.78. The van der Waals surface area contributed by atoms with E-state index in [9.17, 15) is 9.59 Å². The molecule has 0 fully saturated rings. The van der Waals surface area contributed by atoms with Gasteiger partial charge in [0.25, 0.3) is 0 Å². The topological polar surface area (TPSA) is 67.3 Å². The number of thiazole rings is 1. The van der Waals surface area contributed by atoms with Crippen molar-refractivity contribution in [1.82, 2.24) is 4.98 Å². The van der Waals surface area contributed by atoms with Crippen LogP contribution in [0.3, 0.4) is 0 Å². The minimum absolute atomic E-state index is 0.139. The Kier molecular flexibility index (Phi) is 2.78. The fraction of sp³-hybridized carbons (Fsp3) is 0.167. The van der Waals surface area contributed by atoms with E-state index in [1.165, 1.54) is 6.20 Å². The number of halogens is 1. The van der Waals surface area contributed by atoms with E-state index in [0.29, 0.717) is 9.34 Å². The molecule has 4 nitrogen and oxygen atoms in total. The Morgan fingerprint density at radius 2 is 2.33 bits per heavy atom. The fourth-order valence-corrected chi connectivity index (χ4v) is 1.58. The second-order valence-electron chi connectivity index (χ2n) is 1.98. The van der Waals surface area contributed by atoms with E-state index < -0.39 is 11.8 Å². The lowest BCUT2D eigenvalue weighted by Gasteiger charge is -1.88. The zero-order chi connectivity index (χ0) is 9.14. The summed E-state index contributed by atoms with van der Waals surface area (Å²) in [7, 11) is 0. The molecule has 0 saturated heterocycles. The highest BCUT2D eigenvalue weighted by molar-refractivity contribution is 7.15. The van der Waals surface area contributed by atoms with Gasteiger partial charge in [-0.25, -0.2) is 9.78 Å². The van der Waals surface area contributed by atoms with Crippen LogP contribution < -0.4 is 0 Å². The molecule has 0 radical (unpaired) electrons. The molecule has 0 amide bonds. The largest absolute Gasteiger partial charge is 0.475 e. The summed E-state index contributed by atoms with van der Waals surface area (Å²) in [5, 5.41) is 8.25. The Balaban J connectivity index is 2.64. The smallest absolute Gasteiger partial charge is 0.372 e. The molecule has 0 saturated carbocycles. The first-order valence-corrected chi connectivity index (χ1v) is 4.15. The van der Waals surface area contributed by atoms with Crippen LogP contribution >= 0.6 is 22.9 Å². The molecule has 0 bridgehead atoms. The van der Waals surface area contributed by atoms with Crippen LogP contribution in [0.2, 0.25) is 4.47 Å². The lowest BCUT2D eigenvalue weighted by molar-refractivity contribution is -0.148. The summed E-state index contributed by atoms with van der Waals surface area (Å²) >= 11 is 6.58. The van der Waals surface area contributed by atoms with Crippen LogP contribution in [0.25, 0.3) is 0 Å². The van der Waals surface area contributed by atoms with Crippen LogP contribution in [0.15, 0.2) is 6.20 Å². The summed E-state index contributed by atoms with van der Waals surface area (Å²) in [5.41, 5.74) is 0. The van der Waals surface area contributed by atoms with Crippen molar-refractivity contribution in [3.05, 3.63) is 15.5 Å². The van der Waals surface area contributed by atoms with Gasteiger partial charge in [0.05, 0.1) is 6.42 Å². The van der Waals surface area contributed by atoms with Crippen molar-refractivity contribution in [1.29, 1.82) is 0 Å². The molecular weight excluding hydrogens is 202 g/mol. The molecule has 1 rings (SSSR count). The standard InChI is InChI=1S/C6H4ClNO3S/c7-6-8-2-3(12-6)1-4(9)5(10)11/h2H,1H2,(H,10,11). The van der Waals surface area contributed by atoms with E-state index in [4.69, 9.17) is 16.7 Å². The molecule has 1 heterocycles. The van der Waals surface area contributed by atoms with Crippen molar-refractivity contribution in [2.24, 2.45) is 0 Å². The van der Waals surface area contributed by atoms with Crippen LogP contribution in [-0.4, -0.2) is 21.8 Å². The minimum atomic E-state index is -1.43. The maximum Gasteiger partial charge on any atom is 0.372 e. The lowest BCUT2D eigenvalue weighted by Crippen LogP contribution is -2.14. The number of aliphatic carboxylic acids is 1. The third-order valence-corrected chi connectivity index (χ3v) is 2.21. The molecule has 1 aromatic heterocycles. The highest BCUT2D eigenvalue weighted by atomic mass is 35.5. The summed E-state index contributed by atoms with van der Waals surface area (Å²) in [6.45, 7) is 0. The Hall–Kier alpha value is -0.940. The molecule has 1 aromatic rings. The zero-order valence-corrected chi connectivity index (χ0v) is 7.35. The van der Waals surface area contributed by atoms with Gasteiger partial charge < -0.3 is 5.11 Å². The third-order valence-electron chi connectivity index (χ3n) is 1.10. The number of carboxylic acid groups (broad SMARTS) is 1. The van der Waals surface area contributed by atoms with Gasteiger partial charge in [-0.3, -0.25) is 4.79 Å². The average Bonchev–Trinajstić information content (AvgIpc) is 2.35. The maximum absolute atomic E-state index is 10.7. The number of carboxylic acids is 1. The van der Waals surface area contributed by atoms with E-state index in [2.05, 4.69) is 4.98 Å². The van der Waals surface area contributed by atoms with Gasteiger partial charge in [-0.15, -0.1) is 11.3 Å². The van der Waals surface area contributed by atoms with Gasteiger partial charge >= 0.3 is 5.97 Å². The average molecular weight is 206 g/mol. The van der Waals surface area contributed by atoms with Crippen molar-refractivity contribution in [3.63, 3.8) is 0 Å². The summed E-state index contributed by atoms with van der Waals surface area (Å²) < 4.78 is 0.309. The van der Waals surface area contributed by atoms with Crippen LogP contribution in [0.5, 0.6) is 0 Å². The number of carbonyl (C=O) groups excluding carboxylic acids is 1. The van der Waals surface area contributed by atoms with Crippen LogP contribution in [0.4, 0.5) is 0 Å². The molecule has 0 aromatic carbocycles. The van der Waals surface area contributed by atoms with Crippen LogP contribution in [0, 0.1) is 0 Å². The highest BCUT2D eigenvalue weighted by Crippen LogP contribution is 2.18. The van der Waals surface area contributed by atoms with Gasteiger partial charge in [0.1, 0.15) is 0 Å². The Labute approximate surface area is 76.8 Å². The summed E-state index contributed by atoms with van der Waals surface area (Å²) in [4.78, 5) is 25.0. The molecular formula is C6H4ClNO3S. The SMILES string of the molecule is O=C(O)C(=O)Cc1cnc(Cl)s1. The van der Waals surface area contributed by atoms with Crippen molar-refractivity contribution < 1.29 is 14.7 Å². The maximum atomic E-state index is 10.7. The van der Waals surface area contributed by atoms with Crippen LogP contribution in [-0.2, 0) is 16.0 Å². The molecule has 0 aliphatic rings. The van der Waals surface area contributed by atoms with E-state index in [1.807, 2.05) is 0 Å². The van der Waals surface area contributed by atoms with Crippen molar-refractivity contribution in [2.45, 2.75) is 6.42 Å². The second kappa shape index (κ2) is 3.64. The molecule has 6 heteroatoms. The van der Waals surface area contributed by atoms with Gasteiger partial charge in [-0.05, 0) is 0 Å². The van der Waals surface area contributed by atoms with Gasteiger partial charge in [-0.2, -0.15) is 0 Å². The Morgan fingerprint density at radius 1 is 1.67 bits per heavy atom. The quantitative estimate of drug-likeness (QED) is 0.748. The normalized spacial score (nSPS) is 9.75. The number of ketones is 1. The van der Waals surface area contributed by atoms with Gasteiger partial charge in [0, 0.05) is 11.1 Å². The van der Waals surface area contributed by atoms with Crippen molar-refractivity contribution in [2.75, 3.05) is 0 Å². The van der Waals surface area contributed by atoms with Crippen molar-refractivity contribution >= 4 is 34.7 Å². The summed E-state index contributed by atoms with van der Waals surface area (Å²) in [5.74, 6) is -2.28. The highest BCUT2D eigenvalue weighted by Gasteiger charge is 2.13. The number of rotatable bonds is 3. The first-order chi connectivity index (χ1) is 5.59. The van der Waals surface area contributed by atoms with E-state index in [1.54, 1.807) is 0 Å². The van der Waals surface area contributed by atoms with Crippen molar-refractivity contribution in [3.8, 4) is 0 Å². The predicted molar refractivity (Wildman–Crippen MR) is 43.5 cm³/mol. The fourth-order valence-electron chi connectivity index (χ4n) is 0.599. The van der Waals surface area contributed by atoms with Gasteiger partial charge in [0.15, 0.2) is 4.47 Å². The van der Waals surface area contributed by atoms with E-state index in [-0.39, 0.29) is 6.42 Å². The molecule has 0 aliphatic carbocycles. The number of Topliss-reactive ketones (excluding diaryl/α,β-unsaturated/α-hetero) is 1. The second-order valence-corrected chi connectivity index (χ2v) is 3.68. The van der Waals surface area contributed by atoms with Crippen LogP contribution in [0.1, 0.15) is 4.88 Å². The number of nitrogens with zero attached hydrogens (tertiary/aromatic N) is 1. The number of carbonyl (C=O) groups is 2. The molecule has 0 spiro atoms. The minimum Gasteiger partial charge on any atom is -0.475 e. The van der Waals surface area contributed by atoms with E-state index in [0.717, 1.165) is 11.3 Å². The molecule has 0 aliphatic heterocycles. The van der Waals surface area contributed by atoms with Gasteiger partial charge in [0.2, 0.25) is 5.78 Å². The Morgan fingerprint density at radius 3 is 2.75 bits per heavy atom. The van der Waals surface area contributed by atoms with E-state index >= 15 is 0 Å². The van der Waals surface area contributed by atoms with Gasteiger partial charge in [-0.1, -0.05) is 11.6 Å². The monoisotopic (exact) mass is 205 g/mol. The number of hydrogen-bond donors (Lipinski definition) is 1. The third kappa shape index (κ3) is 2.28. The molecule has 64 valence electrons. The predicted octanol–water partition coefficient (Wildman–Crippen LogP) is 0.993. The molecule has 0 unspecified atom stereocenters. The molecule has 1 N–H and O–H groups in total. The number of hydrogen-bond acceptors (Lipinski definition) is 4. The Bertz CT molecular complexity index is 322. The molecule has 12 heavy (non-hydrogen) atoms.